The number of carbonyl (C=O) groups excluding carboxylic acids is 1. The Bertz CT molecular complexity index is 1120. The summed E-state index contributed by atoms with van der Waals surface area (Å²) in [7, 11) is 0. The molecule has 2 aromatic carbocycles. The smallest absolute Gasteiger partial charge is 0.262 e. The van der Waals surface area contributed by atoms with E-state index in [0.29, 0.717) is 22.8 Å². The maximum absolute atomic E-state index is 14.7. The fraction of sp³-hybridized carbons (Fsp3) is 0.400. The summed E-state index contributed by atoms with van der Waals surface area (Å²) >= 11 is 0. The van der Waals surface area contributed by atoms with Crippen molar-refractivity contribution < 1.29 is 13.9 Å². The molecule has 0 aliphatic carbocycles. The van der Waals surface area contributed by atoms with Crippen LogP contribution >= 0.6 is 0 Å². The van der Waals surface area contributed by atoms with Crippen molar-refractivity contribution in [2.45, 2.75) is 58.9 Å². The molecule has 0 saturated carbocycles. The molecule has 3 aromatic rings. The van der Waals surface area contributed by atoms with Gasteiger partial charge in [-0.3, -0.25) is 4.79 Å². The van der Waals surface area contributed by atoms with Crippen molar-refractivity contribution in [2.24, 2.45) is 0 Å². The predicted octanol–water partition coefficient (Wildman–Crippen LogP) is 5.26. The van der Waals surface area contributed by atoms with Crippen LogP contribution in [0.25, 0.3) is 11.4 Å². The van der Waals surface area contributed by atoms with Gasteiger partial charge in [0.05, 0.1) is 5.56 Å². The molecular formula is C25H29FN4O2. The summed E-state index contributed by atoms with van der Waals surface area (Å²) in [5.74, 6) is 1.69. The fourth-order valence-electron chi connectivity index (χ4n) is 4.04. The zero-order valence-electron chi connectivity index (χ0n) is 18.8. The van der Waals surface area contributed by atoms with E-state index in [2.05, 4.69) is 29.4 Å². The van der Waals surface area contributed by atoms with E-state index in [1.54, 1.807) is 12.1 Å². The lowest BCUT2D eigenvalue weighted by Gasteiger charge is -2.15. The third kappa shape index (κ3) is 4.82. The third-order valence-electron chi connectivity index (χ3n) is 5.75. The van der Waals surface area contributed by atoms with Gasteiger partial charge in [-0.2, -0.15) is 0 Å². The SMILES string of the molecule is Cc1ccc(C(C)C)c(OCC(=O)Nc2ccc(F)c(-c3nnc4n3CCCCC4)c2)c1. The molecule has 1 N–H and O–H groups in total. The lowest BCUT2D eigenvalue weighted by atomic mass is 10.0. The molecule has 168 valence electrons. The number of benzene rings is 2. The van der Waals surface area contributed by atoms with Crippen molar-refractivity contribution in [2.75, 3.05) is 11.9 Å². The Morgan fingerprint density at radius 1 is 1.16 bits per heavy atom. The zero-order valence-corrected chi connectivity index (χ0v) is 18.8. The van der Waals surface area contributed by atoms with Crippen LogP contribution < -0.4 is 10.1 Å². The number of nitrogens with zero attached hydrogens (tertiary/aromatic N) is 3. The highest BCUT2D eigenvalue weighted by Crippen LogP contribution is 2.29. The normalized spacial score (nSPS) is 13.5. The van der Waals surface area contributed by atoms with Gasteiger partial charge in [-0.05, 0) is 61.1 Å². The lowest BCUT2D eigenvalue weighted by molar-refractivity contribution is -0.118. The van der Waals surface area contributed by atoms with Crippen LogP contribution in [0.1, 0.15) is 56.0 Å². The lowest BCUT2D eigenvalue weighted by Crippen LogP contribution is -2.20. The van der Waals surface area contributed by atoms with Crippen molar-refractivity contribution in [3.05, 3.63) is 59.2 Å². The Balaban J connectivity index is 1.49. The highest BCUT2D eigenvalue weighted by atomic mass is 19.1. The Kier molecular flexibility index (Phi) is 6.53. The van der Waals surface area contributed by atoms with Crippen LogP contribution in [0.15, 0.2) is 36.4 Å². The first-order chi connectivity index (χ1) is 15.4. The van der Waals surface area contributed by atoms with E-state index in [1.165, 1.54) is 6.07 Å². The molecule has 1 aliphatic heterocycles. The average Bonchev–Trinajstić information content (AvgIpc) is 3.01. The summed E-state index contributed by atoms with van der Waals surface area (Å²) in [6.07, 6.45) is 4.06. The van der Waals surface area contributed by atoms with E-state index < -0.39 is 0 Å². The summed E-state index contributed by atoms with van der Waals surface area (Å²) in [6, 6.07) is 10.5. The maximum atomic E-state index is 14.7. The number of rotatable bonds is 6. The highest BCUT2D eigenvalue weighted by Gasteiger charge is 2.19. The minimum atomic E-state index is -0.389. The van der Waals surface area contributed by atoms with Crippen molar-refractivity contribution in [3.63, 3.8) is 0 Å². The number of aromatic nitrogens is 3. The van der Waals surface area contributed by atoms with Crippen molar-refractivity contribution in [1.82, 2.24) is 14.8 Å². The number of nitrogens with one attached hydrogen (secondary N) is 1. The number of hydrogen-bond acceptors (Lipinski definition) is 4. The van der Waals surface area contributed by atoms with Gasteiger partial charge < -0.3 is 14.6 Å². The molecular weight excluding hydrogens is 407 g/mol. The second kappa shape index (κ2) is 9.51. The fourth-order valence-corrected chi connectivity index (χ4v) is 4.04. The van der Waals surface area contributed by atoms with Crippen molar-refractivity contribution in [1.29, 1.82) is 0 Å². The Morgan fingerprint density at radius 3 is 2.81 bits per heavy atom. The van der Waals surface area contributed by atoms with Gasteiger partial charge in [0.1, 0.15) is 17.4 Å². The first kappa shape index (κ1) is 22.0. The Hall–Kier alpha value is -3.22. The van der Waals surface area contributed by atoms with Gasteiger partial charge in [0.15, 0.2) is 12.4 Å². The average molecular weight is 437 g/mol. The van der Waals surface area contributed by atoms with Crippen LogP contribution in [-0.4, -0.2) is 27.3 Å². The van der Waals surface area contributed by atoms with Crippen LogP contribution in [0.4, 0.5) is 10.1 Å². The van der Waals surface area contributed by atoms with E-state index in [4.69, 9.17) is 4.74 Å². The highest BCUT2D eigenvalue weighted by molar-refractivity contribution is 5.92. The van der Waals surface area contributed by atoms with Crippen molar-refractivity contribution in [3.8, 4) is 17.1 Å². The molecule has 1 amide bonds. The molecule has 4 rings (SSSR count). The minimum absolute atomic E-state index is 0.129. The first-order valence-electron chi connectivity index (χ1n) is 11.2. The van der Waals surface area contributed by atoms with Crippen LogP contribution in [0.3, 0.4) is 0 Å². The number of aryl methyl sites for hydroxylation is 2. The second-order valence-electron chi connectivity index (χ2n) is 8.63. The van der Waals surface area contributed by atoms with Gasteiger partial charge >= 0.3 is 0 Å². The largest absolute Gasteiger partial charge is 0.483 e. The Morgan fingerprint density at radius 2 is 2.00 bits per heavy atom. The topological polar surface area (TPSA) is 69.0 Å². The summed E-state index contributed by atoms with van der Waals surface area (Å²) in [6.45, 7) is 6.81. The minimum Gasteiger partial charge on any atom is -0.483 e. The van der Waals surface area contributed by atoms with Crippen molar-refractivity contribution >= 4 is 11.6 Å². The molecule has 0 radical (unpaired) electrons. The van der Waals surface area contributed by atoms with E-state index >= 15 is 0 Å². The number of halogens is 1. The molecule has 0 saturated heterocycles. The van der Waals surface area contributed by atoms with Crippen LogP contribution in [0.2, 0.25) is 0 Å². The monoisotopic (exact) mass is 436 g/mol. The summed E-state index contributed by atoms with van der Waals surface area (Å²) in [5, 5.41) is 11.3. The molecule has 0 atom stereocenters. The molecule has 2 heterocycles. The predicted molar refractivity (Wildman–Crippen MR) is 122 cm³/mol. The quantitative estimate of drug-likeness (QED) is 0.572. The van der Waals surface area contributed by atoms with Gasteiger partial charge in [0, 0.05) is 18.7 Å². The van der Waals surface area contributed by atoms with Gasteiger partial charge in [-0.15, -0.1) is 10.2 Å². The molecule has 6 nitrogen and oxygen atoms in total. The number of carbonyl (C=O) groups is 1. The molecule has 0 unspecified atom stereocenters. The first-order valence-corrected chi connectivity index (χ1v) is 11.2. The van der Waals surface area contributed by atoms with Gasteiger partial charge in [0.25, 0.3) is 5.91 Å². The number of ether oxygens (including phenoxy) is 1. The summed E-state index contributed by atoms with van der Waals surface area (Å²) in [5.41, 5.74) is 2.96. The van der Waals surface area contributed by atoms with Gasteiger partial charge in [-0.1, -0.05) is 32.4 Å². The van der Waals surface area contributed by atoms with Crippen LogP contribution in [0.5, 0.6) is 5.75 Å². The second-order valence-corrected chi connectivity index (χ2v) is 8.63. The summed E-state index contributed by atoms with van der Waals surface area (Å²) < 4.78 is 22.5. The molecule has 32 heavy (non-hydrogen) atoms. The molecule has 7 heteroatoms. The third-order valence-corrected chi connectivity index (χ3v) is 5.75. The molecule has 0 spiro atoms. The molecule has 0 bridgehead atoms. The summed E-state index contributed by atoms with van der Waals surface area (Å²) in [4.78, 5) is 12.5. The van der Waals surface area contributed by atoms with Gasteiger partial charge in [0.2, 0.25) is 0 Å². The molecule has 0 fully saturated rings. The van der Waals surface area contributed by atoms with Crippen LogP contribution in [-0.2, 0) is 17.8 Å². The number of anilines is 1. The van der Waals surface area contributed by atoms with Crippen LogP contribution in [0, 0.1) is 12.7 Å². The van der Waals surface area contributed by atoms with E-state index in [0.717, 1.165) is 49.2 Å². The molecule has 1 aromatic heterocycles. The zero-order chi connectivity index (χ0) is 22.7. The van der Waals surface area contributed by atoms with E-state index in [9.17, 15) is 9.18 Å². The van der Waals surface area contributed by atoms with E-state index in [1.807, 2.05) is 29.7 Å². The number of hydrogen-bond donors (Lipinski definition) is 1. The standard InChI is InChI=1S/C25H29FN4O2/c1-16(2)19-10-8-17(3)13-22(19)32-15-24(31)27-18-9-11-21(26)20(14-18)25-29-28-23-7-5-4-6-12-30(23)25/h8-11,13-14,16H,4-7,12,15H2,1-3H3,(H,27,31). The molecule has 1 aliphatic rings. The number of fused-ring (bicyclic) bond motifs is 1. The van der Waals surface area contributed by atoms with Gasteiger partial charge in [-0.25, -0.2) is 4.39 Å². The number of amides is 1. The maximum Gasteiger partial charge on any atom is 0.262 e. The van der Waals surface area contributed by atoms with E-state index in [-0.39, 0.29) is 24.2 Å². The Labute approximate surface area is 187 Å².